The van der Waals surface area contributed by atoms with Gasteiger partial charge in [-0.3, -0.25) is 19.2 Å². The Labute approximate surface area is 288 Å². The summed E-state index contributed by atoms with van der Waals surface area (Å²) < 4.78 is 48.9. The Kier molecular flexibility index (Phi) is 7.60. The van der Waals surface area contributed by atoms with Crippen LogP contribution in [0.1, 0.15) is 28.3 Å². The van der Waals surface area contributed by atoms with E-state index in [1.54, 1.807) is 36.4 Å². The fourth-order valence-electron chi connectivity index (χ4n) is 8.27. The van der Waals surface area contributed by atoms with Crippen molar-refractivity contribution in [2.24, 2.45) is 29.6 Å². The minimum Gasteiger partial charge on any atom is -0.483 e. The molecule has 4 unspecified atom stereocenters. The SMILES string of the molecule is O=C(COc1ccc(Br)cc1[C@H]1c2sc(=O)[nH]c2SC2C1[C@H]1C[C@@H]2C2C(=O)N(c3ccccc3C(F)(F)F)C(=O)C21)Nc1ccccc1. The van der Waals surface area contributed by atoms with Crippen molar-refractivity contribution in [1.82, 2.24) is 4.98 Å². The summed E-state index contributed by atoms with van der Waals surface area (Å²) in [5, 5.41) is 3.28. The van der Waals surface area contributed by atoms with Gasteiger partial charge in [-0.05, 0) is 66.6 Å². The van der Waals surface area contributed by atoms with Crippen LogP contribution in [0.4, 0.5) is 24.5 Å². The third kappa shape index (κ3) is 5.02. The number of carbonyl (C=O) groups is 3. The van der Waals surface area contributed by atoms with Gasteiger partial charge in [0.15, 0.2) is 6.61 Å². The lowest BCUT2D eigenvalue weighted by Crippen LogP contribution is -2.42. The highest BCUT2D eigenvalue weighted by atomic mass is 79.9. The van der Waals surface area contributed by atoms with Crippen LogP contribution in [0.15, 0.2) is 87.1 Å². The normalized spacial score (nSPS) is 27.1. The average molecular weight is 757 g/mol. The van der Waals surface area contributed by atoms with Crippen molar-refractivity contribution in [1.29, 1.82) is 0 Å². The fourth-order valence-corrected chi connectivity index (χ4v) is 11.5. The number of ether oxygens (including phenoxy) is 1. The van der Waals surface area contributed by atoms with Gasteiger partial charge in [-0.15, -0.1) is 11.8 Å². The summed E-state index contributed by atoms with van der Waals surface area (Å²) in [7, 11) is 0. The van der Waals surface area contributed by atoms with E-state index >= 15 is 0 Å². The molecule has 2 aliphatic carbocycles. The lowest BCUT2D eigenvalue weighted by Gasteiger charge is -2.43. The van der Waals surface area contributed by atoms with Gasteiger partial charge < -0.3 is 15.0 Å². The first-order valence-electron chi connectivity index (χ1n) is 15.2. The zero-order valence-electron chi connectivity index (χ0n) is 24.7. The van der Waals surface area contributed by atoms with E-state index < -0.39 is 47.0 Å². The van der Waals surface area contributed by atoms with Crippen LogP contribution in [0.2, 0.25) is 0 Å². The number of thiazole rings is 1. The second-order valence-corrected chi connectivity index (χ2v) is 15.5. The van der Waals surface area contributed by atoms with Gasteiger partial charge >= 0.3 is 11.0 Å². The number of aromatic nitrogens is 1. The summed E-state index contributed by atoms with van der Waals surface area (Å²) in [5.41, 5.74) is -0.143. The minimum absolute atomic E-state index is 0.193. The molecule has 3 amide bonds. The first-order chi connectivity index (χ1) is 23.0. The third-order valence-electron chi connectivity index (χ3n) is 9.90. The number of carbonyl (C=O) groups excluding carboxylic acids is 3. The molecule has 48 heavy (non-hydrogen) atoms. The third-order valence-corrected chi connectivity index (χ3v) is 13.0. The summed E-state index contributed by atoms with van der Waals surface area (Å²) in [6.45, 7) is -0.285. The van der Waals surface area contributed by atoms with E-state index in [0.717, 1.165) is 31.7 Å². The maximum atomic E-state index is 14.1. The molecule has 3 fully saturated rings. The molecule has 8 rings (SSSR count). The van der Waals surface area contributed by atoms with Crippen molar-refractivity contribution in [2.75, 3.05) is 16.8 Å². The minimum atomic E-state index is -4.75. The zero-order valence-corrected chi connectivity index (χ0v) is 27.9. The van der Waals surface area contributed by atoms with Gasteiger partial charge in [-0.2, -0.15) is 13.2 Å². The molecule has 7 atom stereocenters. The Balaban J connectivity index is 1.16. The van der Waals surface area contributed by atoms with Crippen LogP contribution in [-0.4, -0.2) is 34.6 Å². The molecule has 3 aromatic carbocycles. The Morgan fingerprint density at radius 3 is 2.44 bits per heavy atom. The summed E-state index contributed by atoms with van der Waals surface area (Å²) in [5.74, 6) is -4.00. The van der Waals surface area contributed by atoms with Crippen LogP contribution in [-0.2, 0) is 20.6 Å². The highest BCUT2D eigenvalue weighted by Crippen LogP contribution is 2.69. The van der Waals surface area contributed by atoms with E-state index in [9.17, 15) is 32.3 Å². The van der Waals surface area contributed by atoms with Crippen LogP contribution >= 0.6 is 39.0 Å². The molecule has 1 saturated heterocycles. The Hall–Kier alpha value is -3.88. The smallest absolute Gasteiger partial charge is 0.418 e. The van der Waals surface area contributed by atoms with E-state index in [0.29, 0.717) is 28.4 Å². The molecular weight excluding hydrogens is 731 g/mol. The highest BCUT2D eigenvalue weighted by molar-refractivity contribution is 9.10. The molecule has 4 aliphatic rings. The van der Waals surface area contributed by atoms with Gasteiger partial charge in [0.1, 0.15) is 5.75 Å². The summed E-state index contributed by atoms with van der Waals surface area (Å²) >= 11 is 6.10. The Bertz CT molecular complexity index is 2040. The number of fused-ring (bicyclic) bond motifs is 9. The number of benzene rings is 3. The standard InChI is InChI=1S/C34H25BrF3N3O5S2/c35-15-10-11-22(46-14-23(42)39-16-6-2-1-3-7-16)17(12-15)24-25-18-13-19(28(25)47-30-29(24)48-33(45)40-30)27-26(18)31(43)41(32(27)44)21-9-5-4-8-20(21)34(36,37)38/h1-12,18-19,24-28H,13-14H2,(H,39,42)(H,40,45)/t18-,19-,24-,25?,26?,27?,28?/m1/s1. The topological polar surface area (TPSA) is 109 Å². The van der Waals surface area contributed by atoms with Crippen molar-refractivity contribution >= 4 is 68.1 Å². The zero-order chi connectivity index (χ0) is 33.5. The Morgan fingerprint density at radius 1 is 0.979 bits per heavy atom. The number of para-hydroxylation sites is 2. The number of H-pyrrole nitrogens is 1. The van der Waals surface area contributed by atoms with Gasteiger partial charge in [0.05, 0.1) is 28.1 Å². The first kappa shape index (κ1) is 31.4. The monoisotopic (exact) mass is 755 g/mol. The van der Waals surface area contributed by atoms with Crippen molar-refractivity contribution in [3.63, 3.8) is 0 Å². The van der Waals surface area contributed by atoms with Gasteiger partial charge in [0.2, 0.25) is 11.8 Å². The van der Waals surface area contributed by atoms with E-state index in [-0.39, 0.29) is 40.4 Å². The molecule has 2 N–H and O–H groups in total. The molecule has 246 valence electrons. The number of rotatable bonds is 6. The van der Waals surface area contributed by atoms with Crippen LogP contribution in [0.5, 0.6) is 5.75 Å². The van der Waals surface area contributed by atoms with E-state index in [1.165, 1.54) is 30.0 Å². The highest BCUT2D eigenvalue weighted by Gasteiger charge is 2.70. The molecule has 2 saturated carbocycles. The predicted molar refractivity (Wildman–Crippen MR) is 177 cm³/mol. The lowest BCUT2D eigenvalue weighted by molar-refractivity contribution is -0.137. The van der Waals surface area contributed by atoms with Crippen molar-refractivity contribution in [2.45, 2.75) is 28.8 Å². The summed E-state index contributed by atoms with van der Waals surface area (Å²) in [6.07, 6.45) is -4.19. The largest absolute Gasteiger partial charge is 0.483 e. The summed E-state index contributed by atoms with van der Waals surface area (Å²) in [6, 6.07) is 19.1. The lowest BCUT2D eigenvalue weighted by atomic mass is 9.68. The second-order valence-electron chi connectivity index (χ2n) is 12.4. The molecule has 14 heteroatoms. The maximum absolute atomic E-state index is 14.1. The number of amides is 3. The fraction of sp³-hybridized carbons (Fsp3) is 0.294. The molecule has 1 aromatic heterocycles. The molecule has 8 nitrogen and oxygen atoms in total. The number of thioether (sulfide) groups is 1. The number of alkyl halides is 3. The second kappa shape index (κ2) is 11.6. The first-order valence-corrected chi connectivity index (χ1v) is 17.7. The van der Waals surface area contributed by atoms with Crippen molar-refractivity contribution < 1.29 is 32.3 Å². The van der Waals surface area contributed by atoms with E-state index in [4.69, 9.17) is 4.74 Å². The van der Waals surface area contributed by atoms with Crippen LogP contribution < -0.4 is 19.8 Å². The maximum Gasteiger partial charge on any atom is 0.418 e. The number of hydrogen-bond donors (Lipinski definition) is 2. The van der Waals surface area contributed by atoms with Crippen molar-refractivity contribution in [3.05, 3.63) is 103 Å². The van der Waals surface area contributed by atoms with Gasteiger partial charge in [-0.1, -0.05) is 57.6 Å². The number of nitrogens with one attached hydrogen (secondary N) is 2. The van der Waals surface area contributed by atoms with E-state index in [2.05, 4.69) is 26.2 Å². The number of imide groups is 1. The van der Waals surface area contributed by atoms with Crippen LogP contribution in [0.3, 0.4) is 0 Å². The average Bonchev–Trinajstić information content (AvgIpc) is 3.79. The number of halogens is 4. The van der Waals surface area contributed by atoms with Crippen LogP contribution in [0.25, 0.3) is 0 Å². The molecule has 4 aromatic rings. The number of hydrogen-bond acceptors (Lipinski definition) is 7. The van der Waals surface area contributed by atoms with Gasteiger partial charge in [-0.25, -0.2) is 4.90 Å². The molecular formula is C34H25BrF3N3O5S2. The number of anilines is 2. The molecule has 3 heterocycles. The van der Waals surface area contributed by atoms with Gasteiger partial charge in [0, 0.05) is 31.8 Å². The number of aromatic amines is 1. The molecule has 2 bridgehead atoms. The molecule has 2 aliphatic heterocycles. The molecule has 0 radical (unpaired) electrons. The molecule has 0 spiro atoms. The predicted octanol–water partition coefficient (Wildman–Crippen LogP) is 6.91. The van der Waals surface area contributed by atoms with Crippen molar-refractivity contribution in [3.8, 4) is 5.75 Å². The number of nitrogens with zero attached hydrogens (tertiary/aromatic N) is 1. The van der Waals surface area contributed by atoms with Crippen LogP contribution in [0, 0.1) is 29.6 Å². The summed E-state index contributed by atoms with van der Waals surface area (Å²) in [4.78, 5) is 57.8. The van der Waals surface area contributed by atoms with Gasteiger partial charge in [0.25, 0.3) is 5.91 Å². The van der Waals surface area contributed by atoms with E-state index in [1.807, 2.05) is 12.1 Å². The quantitative estimate of drug-likeness (QED) is 0.207. The Morgan fingerprint density at radius 2 is 1.69 bits per heavy atom.